The van der Waals surface area contributed by atoms with Crippen molar-refractivity contribution in [2.75, 3.05) is 0 Å². The number of amides is 1. The van der Waals surface area contributed by atoms with E-state index in [1.807, 2.05) is 35.7 Å². The summed E-state index contributed by atoms with van der Waals surface area (Å²) < 4.78 is 0. The standard InChI is InChI=1S/C13H10N4O2S/c14-6-11(12(15)18)17-19-7-10-8-20-13(16-10)9-4-2-1-3-5-9/h1-5,8H,7H2,(H2,15,18)/b17-11-. The topological polar surface area (TPSA) is 101 Å². The van der Waals surface area contributed by atoms with Crippen LogP contribution in [-0.4, -0.2) is 16.6 Å². The number of thiazole rings is 1. The molecule has 1 heterocycles. The lowest BCUT2D eigenvalue weighted by atomic mass is 10.2. The molecule has 6 nitrogen and oxygen atoms in total. The molecule has 0 aliphatic rings. The normalized spacial score (nSPS) is 10.8. The SMILES string of the molecule is N#C/C(=N/OCc1csc(-c2ccccc2)n1)C(N)=O. The maximum atomic E-state index is 10.7. The van der Waals surface area contributed by atoms with Crippen LogP contribution in [0.4, 0.5) is 0 Å². The van der Waals surface area contributed by atoms with E-state index in [1.165, 1.54) is 11.3 Å². The number of nitrogens with two attached hydrogens (primary N) is 1. The Bertz CT molecular complexity index is 673. The maximum Gasteiger partial charge on any atom is 0.281 e. The zero-order valence-electron chi connectivity index (χ0n) is 10.3. The first-order chi connectivity index (χ1) is 9.70. The van der Waals surface area contributed by atoms with Crippen molar-refractivity contribution < 1.29 is 9.63 Å². The first-order valence-electron chi connectivity index (χ1n) is 5.60. The molecule has 100 valence electrons. The third-order valence-electron chi connectivity index (χ3n) is 2.28. The molecule has 0 bridgehead atoms. The largest absolute Gasteiger partial charge is 0.388 e. The molecule has 2 rings (SSSR count). The van der Waals surface area contributed by atoms with E-state index in [4.69, 9.17) is 15.8 Å². The zero-order chi connectivity index (χ0) is 14.4. The summed E-state index contributed by atoms with van der Waals surface area (Å²) in [6.07, 6.45) is 0. The Hall–Kier alpha value is -2.72. The van der Waals surface area contributed by atoms with Crippen molar-refractivity contribution in [1.82, 2.24) is 4.98 Å². The molecule has 1 aromatic carbocycles. The zero-order valence-corrected chi connectivity index (χ0v) is 11.1. The molecular weight excluding hydrogens is 276 g/mol. The maximum absolute atomic E-state index is 10.7. The smallest absolute Gasteiger partial charge is 0.281 e. The molecule has 20 heavy (non-hydrogen) atoms. The number of rotatable bonds is 5. The summed E-state index contributed by atoms with van der Waals surface area (Å²) in [6.45, 7) is 0.0712. The van der Waals surface area contributed by atoms with Crippen LogP contribution in [0.3, 0.4) is 0 Å². The predicted octanol–water partition coefficient (Wildman–Crippen LogP) is 1.69. The predicted molar refractivity (Wildman–Crippen MR) is 74.6 cm³/mol. The summed E-state index contributed by atoms with van der Waals surface area (Å²) in [5.41, 5.74) is 6.13. The Morgan fingerprint density at radius 2 is 2.20 bits per heavy atom. The minimum absolute atomic E-state index is 0.0712. The van der Waals surface area contributed by atoms with Gasteiger partial charge in [-0.1, -0.05) is 35.5 Å². The summed E-state index contributed by atoms with van der Waals surface area (Å²) in [4.78, 5) is 20.0. The highest BCUT2D eigenvalue weighted by Crippen LogP contribution is 2.23. The van der Waals surface area contributed by atoms with E-state index < -0.39 is 11.6 Å². The first-order valence-corrected chi connectivity index (χ1v) is 6.48. The number of primary amides is 1. The second-order valence-electron chi connectivity index (χ2n) is 3.70. The second-order valence-corrected chi connectivity index (χ2v) is 4.56. The van der Waals surface area contributed by atoms with Gasteiger partial charge in [-0.2, -0.15) is 5.26 Å². The van der Waals surface area contributed by atoms with Crippen molar-refractivity contribution in [3.05, 3.63) is 41.4 Å². The second kappa shape index (κ2) is 6.45. The van der Waals surface area contributed by atoms with Crippen molar-refractivity contribution in [2.24, 2.45) is 10.9 Å². The fraction of sp³-hybridized carbons (Fsp3) is 0.0769. The Balaban J connectivity index is 2.01. The van der Waals surface area contributed by atoms with Crippen molar-refractivity contribution in [2.45, 2.75) is 6.61 Å². The highest BCUT2D eigenvalue weighted by molar-refractivity contribution is 7.13. The van der Waals surface area contributed by atoms with E-state index in [0.29, 0.717) is 5.69 Å². The highest BCUT2D eigenvalue weighted by atomic mass is 32.1. The van der Waals surface area contributed by atoms with Gasteiger partial charge in [-0.3, -0.25) is 4.79 Å². The third kappa shape index (κ3) is 3.40. The molecule has 0 unspecified atom stereocenters. The molecule has 2 N–H and O–H groups in total. The molecule has 1 amide bonds. The number of nitriles is 1. The quantitative estimate of drug-likeness (QED) is 0.667. The number of hydrogen-bond acceptors (Lipinski definition) is 6. The molecule has 0 radical (unpaired) electrons. The van der Waals surface area contributed by atoms with Gasteiger partial charge in [-0.15, -0.1) is 11.3 Å². The summed E-state index contributed by atoms with van der Waals surface area (Å²) in [7, 11) is 0. The van der Waals surface area contributed by atoms with Gasteiger partial charge in [0.15, 0.2) is 6.61 Å². The summed E-state index contributed by atoms with van der Waals surface area (Å²) in [5.74, 6) is -0.921. The van der Waals surface area contributed by atoms with Crippen molar-refractivity contribution in [3.63, 3.8) is 0 Å². The number of hydrogen-bond donors (Lipinski definition) is 1. The lowest BCUT2D eigenvalue weighted by Gasteiger charge is -1.96. The van der Waals surface area contributed by atoms with Crippen LogP contribution in [0.5, 0.6) is 0 Å². The van der Waals surface area contributed by atoms with Crippen molar-refractivity contribution in [3.8, 4) is 16.6 Å². The summed E-state index contributed by atoms with van der Waals surface area (Å²) in [6, 6.07) is 11.3. The minimum atomic E-state index is -0.921. The van der Waals surface area contributed by atoms with E-state index in [-0.39, 0.29) is 6.61 Å². The fourth-order valence-electron chi connectivity index (χ4n) is 1.37. The summed E-state index contributed by atoms with van der Waals surface area (Å²) in [5, 5.41) is 14.6. The average molecular weight is 286 g/mol. The summed E-state index contributed by atoms with van der Waals surface area (Å²) >= 11 is 1.48. The Morgan fingerprint density at radius 3 is 2.85 bits per heavy atom. The fourth-order valence-corrected chi connectivity index (χ4v) is 2.18. The van der Waals surface area contributed by atoms with Gasteiger partial charge in [0.2, 0.25) is 5.71 Å². The van der Waals surface area contributed by atoms with Gasteiger partial charge in [0.05, 0.1) is 5.69 Å². The van der Waals surface area contributed by atoms with E-state index >= 15 is 0 Å². The van der Waals surface area contributed by atoms with Crippen LogP contribution in [0, 0.1) is 11.3 Å². The average Bonchev–Trinajstić information content (AvgIpc) is 2.93. The van der Waals surface area contributed by atoms with Crippen molar-refractivity contribution in [1.29, 1.82) is 5.26 Å². The molecule has 0 atom stereocenters. The van der Waals surface area contributed by atoms with Gasteiger partial charge >= 0.3 is 0 Å². The molecule has 7 heteroatoms. The molecule has 0 spiro atoms. The van der Waals surface area contributed by atoms with Crippen LogP contribution in [0.15, 0.2) is 40.9 Å². The molecule has 1 aromatic heterocycles. The first kappa shape index (κ1) is 13.7. The van der Waals surface area contributed by atoms with E-state index in [1.54, 1.807) is 6.07 Å². The number of nitrogens with zero attached hydrogens (tertiary/aromatic N) is 3. The monoisotopic (exact) mass is 286 g/mol. The van der Waals surface area contributed by atoms with Gasteiger partial charge in [0.1, 0.15) is 11.1 Å². The van der Waals surface area contributed by atoms with Crippen LogP contribution in [0.2, 0.25) is 0 Å². The Labute approximate surface area is 119 Å². The van der Waals surface area contributed by atoms with Crippen molar-refractivity contribution >= 4 is 23.0 Å². The number of oxime groups is 1. The molecule has 0 saturated heterocycles. The van der Waals surface area contributed by atoms with E-state index in [2.05, 4.69) is 10.1 Å². The molecule has 0 fully saturated rings. The molecule has 0 aliphatic heterocycles. The number of carbonyl (C=O) groups excluding carboxylic acids is 1. The molecular formula is C13H10N4O2S. The third-order valence-corrected chi connectivity index (χ3v) is 3.22. The van der Waals surface area contributed by atoms with Crippen LogP contribution in [0.25, 0.3) is 10.6 Å². The van der Waals surface area contributed by atoms with Crippen LogP contribution >= 0.6 is 11.3 Å². The number of carbonyl (C=O) groups is 1. The lowest BCUT2D eigenvalue weighted by molar-refractivity contribution is -0.112. The molecule has 0 saturated carbocycles. The van der Waals surface area contributed by atoms with Crippen LogP contribution < -0.4 is 5.73 Å². The Morgan fingerprint density at radius 1 is 1.45 bits per heavy atom. The molecule has 2 aromatic rings. The van der Waals surface area contributed by atoms with Gasteiger partial charge in [0, 0.05) is 10.9 Å². The van der Waals surface area contributed by atoms with Crippen LogP contribution in [-0.2, 0) is 16.2 Å². The van der Waals surface area contributed by atoms with Gasteiger partial charge in [-0.25, -0.2) is 4.98 Å². The number of benzene rings is 1. The van der Waals surface area contributed by atoms with Crippen LogP contribution in [0.1, 0.15) is 5.69 Å². The van der Waals surface area contributed by atoms with E-state index in [0.717, 1.165) is 10.6 Å². The highest BCUT2D eigenvalue weighted by Gasteiger charge is 2.07. The Kier molecular flexibility index (Phi) is 4.42. The molecule has 0 aliphatic carbocycles. The lowest BCUT2D eigenvalue weighted by Crippen LogP contribution is -2.21. The van der Waals surface area contributed by atoms with E-state index in [9.17, 15) is 4.79 Å². The van der Waals surface area contributed by atoms with Gasteiger partial charge < -0.3 is 10.6 Å². The number of aromatic nitrogens is 1. The van der Waals surface area contributed by atoms with Gasteiger partial charge in [-0.05, 0) is 0 Å². The minimum Gasteiger partial charge on any atom is -0.388 e. The van der Waals surface area contributed by atoms with Gasteiger partial charge in [0.25, 0.3) is 5.91 Å².